The van der Waals surface area contributed by atoms with Crippen LogP contribution in [-0.2, 0) is 18.2 Å². The summed E-state index contributed by atoms with van der Waals surface area (Å²) < 4.78 is 0. The van der Waals surface area contributed by atoms with Crippen molar-refractivity contribution in [1.82, 2.24) is 4.98 Å². The van der Waals surface area contributed by atoms with Crippen LogP contribution in [0.1, 0.15) is 40.8 Å². The summed E-state index contributed by atoms with van der Waals surface area (Å²) in [6.07, 6.45) is 4.95. The van der Waals surface area contributed by atoms with E-state index in [1.54, 1.807) is 0 Å². The zero-order valence-electron chi connectivity index (χ0n) is 11.0. The first kappa shape index (κ1) is 12.2. The van der Waals surface area contributed by atoms with E-state index < -0.39 is 0 Å². The molecule has 2 heteroatoms. The fourth-order valence-electron chi connectivity index (χ4n) is 3.21. The van der Waals surface area contributed by atoms with Crippen LogP contribution in [0.3, 0.4) is 0 Å². The first-order chi connectivity index (χ1) is 8.70. The standard InChI is InChI=1S/C16H18BrN/c1-10-7-11(2)16-13(9-17)12-5-3-4-6-14(12)18-15(16)8-10/h7-8H,3-6,9H2,1-2H3. The van der Waals surface area contributed by atoms with Gasteiger partial charge in [0.05, 0.1) is 5.52 Å². The van der Waals surface area contributed by atoms with Gasteiger partial charge in [0.1, 0.15) is 0 Å². The van der Waals surface area contributed by atoms with Gasteiger partial charge in [0.25, 0.3) is 0 Å². The highest BCUT2D eigenvalue weighted by atomic mass is 79.9. The van der Waals surface area contributed by atoms with Gasteiger partial charge in [-0.2, -0.15) is 0 Å². The molecule has 1 aliphatic rings. The van der Waals surface area contributed by atoms with Crippen LogP contribution in [-0.4, -0.2) is 4.98 Å². The number of alkyl halides is 1. The lowest BCUT2D eigenvalue weighted by molar-refractivity contribution is 0.667. The number of hydrogen-bond donors (Lipinski definition) is 0. The third-order valence-electron chi connectivity index (χ3n) is 3.95. The van der Waals surface area contributed by atoms with E-state index in [4.69, 9.17) is 4.98 Å². The minimum Gasteiger partial charge on any atom is -0.253 e. The minimum absolute atomic E-state index is 0.943. The van der Waals surface area contributed by atoms with E-state index >= 15 is 0 Å². The highest BCUT2D eigenvalue weighted by molar-refractivity contribution is 9.08. The molecule has 0 unspecified atom stereocenters. The van der Waals surface area contributed by atoms with Crippen molar-refractivity contribution in [1.29, 1.82) is 0 Å². The first-order valence-electron chi connectivity index (χ1n) is 6.68. The van der Waals surface area contributed by atoms with Crippen LogP contribution in [0.15, 0.2) is 12.1 Å². The fourth-order valence-corrected chi connectivity index (χ4v) is 3.83. The number of halogens is 1. The zero-order chi connectivity index (χ0) is 12.7. The molecule has 0 radical (unpaired) electrons. The molecule has 0 amide bonds. The van der Waals surface area contributed by atoms with Gasteiger partial charge in [-0.25, -0.2) is 0 Å². The maximum atomic E-state index is 4.93. The highest BCUT2D eigenvalue weighted by Crippen LogP contribution is 2.32. The molecular formula is C16H18BrN. The van der Waals surface area contributed by atoms with Crippen LogP contribution in [0.2, 0.25) is 0 Å². The lowest BCUT2D eigenvalue weighted by atomic mass is 9.89. The number of benzene rings is 1. The summed E-state index contributed by atoms with van der Waals surface area (Å²) in [7, 11) is 0. The van der Waals surface area contributed by atoms with Crippen molar-refractivity contribution in [2.75, 3.05) is 0 Å². The number of aryl methyl sites for hydroxylation is 3. The Morgan fingerprint density at radius 2 is 1.94 bits per heavy atom. The lowest BCUT2D eigenvalue weighted by Gasteiger charge is -2.21. The second-order valence-corrected chi connectivity index (χ2v) is 5.89. The van der Waals surface area contributed by atoms with Gasteiger partial charge in [-0.15, -0.1) is 0 Å². The summed E-state index contributed by atoms with van der Waals surface area (Å²) >= 11 is 3.68. The van der Waals surface area contributed by atoms with Crippen molar-refractivity contribution in [2.45, 2.75) is 44.9 Å². The summed E-state index contributed by atoms with van der Waals surface area (Å²) in [5, 5.41) is 2.32. The Kier molecular flexibility index (Phi) is 3.14. The second kappa shape index (κ2) is 4.65. The number of rotatable bonds is 1. The average molecular weight is 304 g/mol. The molecule has 0 spiro atoms. The van der Waals surface area contributed by atoms with Crippen molar-refractivity contribution in [3.05, 3.63) is 40.1 Å². The molecule has 2 aromatic rings. The predicted octanol–water partition coefficient (Wildman–Crippen LogP) is 4.63. The Bertz CT molecular complexity index is 616. The predicted molar refractivity (Wildman–Crippen MR) is 80.5 cm³/mol. The third kappa shape index (κ3) is 1.87. The Hall–Kier alpha value is -0.890. The molecule has 3 rings (SSSR count). The maximum absolute atomic E-state index is 4.93. The van der Waals surface area contributed by atoms with Crippen molar-refractivity contribution in [3.8, 4) is 0 Å². The van der Waals surface area contributed by atoms with E-state index in [0.29, 0.717) is 0 Å². The highest BCUT2D eigenvalue weighted by Gasteiger charge is 2.18. The molecule has 1 aromatic carbocycles. The van der Waals surface area contributed by atoms with Crippen molar-refractivity contribution in [2.24, 2.45) is 0 Å². The molecule has 18 heavy (non-hydrogen) atoms. The number of hydrogen-bond acceptors (Lipinski definition) is 1. The number of pyridine rings is 1. The number of aromatic nitrogens is 1. The summed E-state index contributed by atoms with van der Waals surface area (Å²) in [5.41, 5.74) is 8.18. The topological polar surface area (TPSA) is 12.9 Å². The van der Waals surface area contributed by atoms with Crippen molar-refractivity contribution in [3.63, 3.8) is 0 Å². The SMILES string of the molecule is Cc1cc(C)c2c(CBr)c3c(nc2c1)CCCC3. The molecule has 1 nitrogen and oxygen atoms in total. The van der Waals surface area contributed by atoms with Gasteiger partial charge in [-0.1, -0.05) is 22.0 Å². The van der Waals surface area contributed by atoms with Gasteiger partial charge in [-0.05, 0) is 67.9 Å². The number of nitrogens with zero attached hydrogens (tertiary/aromatic N) is 1. The summed E-state index contributed by atoms with van der Waals surface area (Å²) in [5.74, 6) is 0. The van der Waals surface area contributed by atoms with Gasteiger partial charge in [0, 0.05) is 16.4 Å². The molecule has 94 valence electrons. The van der Waals surface area contributed by atoms with Crippen LogP contribution in [0.5, 0.6) is 0 Å². The Balaban J connectivity index is 2.40. The lowest BCUT2D eigenvalue weighted by Crippen LogP contribution is -2.09. The summed E-state index contributed by atoms with van der Waals surface area (Å²) in [6.45, 7) is 4.36. The van der Waals surface area contributed by atoms with E-state index in [1.807, 2.05) is 0 Å². The maximum Gasteiger partial charge on any atom is 0.0713 e. The molecule has 0 saturated carbocycles. The van der Waals surface area contributed by atoms with Crippen molar-refractivity contribution < 1.29 is 0 Å². The van der Waals surface area contributed by atoms with Gasteiger partial charge < -0.3 is 0 Å². The Labute approximate surface area is 117 Å². The largest absolute Gasteiger partial charge is 0.253 e. The normalized spacial score (nSPS) is 14.8. The summed E-state index contributed by atoms with van der Waals surface area (Å²) in [4.78, 5) is 4.93. The molecule has 0 saturated heterocycles. The Morgan fingerprint density at radius 1 is 1.17 bits per heavy atom. The van der Waals surface area contributed by atoms with Crippen LogP contribution in [0, 0.1) is 13.8 Å². The molecule has 1 heterocycles. The molecule has 1 aromatic heterocycles. The second-order valence-electron chi connectivity index (χ2n) is 5.33. The van der Waals surface area contributed by atoms with Gasteiger partial charge in [0.15, 0.2) is 0 Å². The quantitative estimate of drug-likeness (QED) is 0.700. The molecule has 0 atom stereocenters. The first-order valence-corrected chi connectivity index (χ1v) is 7.80. The van der Waals surface area contributed by atoms with Crippen LogP contribution >= 0.6 is 15.9 Å². The van der Waals surface area contributed by atoms with Gasteiger partial charge in [0.2, 0.25) is 0 Å². The van der Waals surface area contributed by atoms with Crippen molar-refractivity contribution >= 4 is 26.8 Å². The van der Waals surface area contributed by atoms with E-state index in [1.165, 1.54) is 58.1 Å². The average Bonchev–Trinajstić information content (AvgIpc) is 2.35. The van der Waals surface area contributed by atoms with Crippen LogP contribution in [0.4, 0.5) is 0 Å². The van der Waals surface area contributed by atoms with E-state index in [-0.39, 0.29) is 0 Å². The molecule has 0 N–H and O–H groups in total. The molecule has 1 aliphatic carbocycles. The van der Waals surface area contributed by atoms with Crippen LogP contribution in [0.25, 0.3) is 10.9 Å². The molecule has 0 fully saturated rings. The monoisotopic (exact) mass is 303 g/mol. The molecule has 0 aliphatic heterocycles. The molecule has 0 bridgehead atoms. The zero-order valence-corrected chi connectivity index (χ0v) is 12.6. The summed E-state index contributed by atoms with van der Waals surface area (Å²) in [6, 6.07) is 4.49. The number of fused-ring (bicyclic) bond motifs is 2. The fraction of sp³-hybridized carbons (Fsp3) is 0.438. The Morgan fingerprint density at radius 3 is 2.72 bits per heavy atom. The minimum atomic E-state index is 0.943. The smallest absolute Gasteiger partial charge is 0.0713 e. The third-order valence-corrected chi connectivity index (χ3v) is 4.51. The van der Waals surface area contributed by atoms with E-state index in [9.17, 15) is 0 Å². The van der Waals surface area contributed by atoms with Gasteiger partial charge >= 0.3 is 0 Å². The van der Waals surface area contributed by atoms with Crippen LogP contribution < -0.4 is 0 Å². The van der Waals surface area contributed by atoms with E-state index in [0.717, 1.165) is 11.8 Å². The molecular weight excluding hydrogens is 286 g/mol. The van der Waals surface area contributed by atoms with Gasteiger partial charge in [-0.3, -0.25) is 4.98 Å². The van der Waals surface area contributed by atoms with E-state index in [2.05, 4.69) is 41.9 Å².